The SMILES string of the molecule is CC(C)(C)ONC(=O)[C@H]1CCCN1. The van der Waals surface area contributed by atoms with Gasteiger partial charge in [-0.1, -0.05) is 0 Å². The van der Waals surface area contributed by atoms with Gasteiger partial charge in [-0.15, -0.1) is 0 Å². The predicted molar refractivity (Wildman–Crippen MR) is 50.0 cm³/mol. The lowest BCUT2D eigenvalue weighted by atomic mass is 10.2. The first-order valence-corrected chi connectivity index (χ1v) is 4.70. The van der Waals surface area contributed by atoms with Crippen LogP contribution in [0.15, 0.2) is 0 Å². The lowest BCUT2D eigenvalue weighted by molar-refractivity contribution is -0.147. The summed E-state index contributed by atoms with van der Waals surface area (Å²) < 4.78 is 0. The molecule has 76 valence electrons. The van der Waals surface area contributed by atoms with Crippen molar-refractivity contribution in [3.05, 3.63) is 0 Å². The maximum Gasteiger partial charge on any atom is 0.260 e. The van der Waals surface area contributed by atoms with E-state index < -0.39 is 0 Å². The van der Waals surface area contributed by atoms with E-state index in [4.69, 9.17) is 4.84 Å². The van der Waals surface area contributed by atoms with Gasteiger partial charge in [0.1, 0.15) is 0 Å². The Bertz CT molecular complexity index is 181. The van der Waals surface area contributed by atoms with Crippen molar-refractivity contribution in [3.8, 4) is 0 Å². The molecule has 1 heterocycles. The summed E-state index contributed by atoms with van der Waals surface area (Å²) in [5.41, 5.74) is 2.14. The van der Waals surface area contributed by atoms with Crippen LogP contribution in [-0.4, -0.2) is 24.1 Å². The van der Waals surface area contributed by atoms with E-state index in [0.29, 0.717) is 0 Å². The first kappa shape index (κ1) is 10.5. The summed E-state index contributed by atoms with van der Waals surface area (Å²) in [6.07, 6.45) is 1.97. The Kier molecular flexibility index (Phi) is 3.27. The fraction of sp³-hybridized carbons (Fsp3) is 0.889. The Balaban J connectivity index is 2.25. The molecule has 1 amide bonds. The molecule has 1 saturated heterocycles. The van der Waals surface area contributed by atoms with E-state index in [2.05, 4.69) is 10.8 Å². The molecule has 1 atom stereocenters. The summed E-state index contributed by atoms with van der Waals surface area (Å²) in [6.45, 7) is 6.62. The zero-order chi connectivity index (χ0) is 9.90. The summed E-state index contributed by atoms with van der Waals surface area (Å²) in [6, 6.07) is -0.0673. The van der Waals surface area contributed by atoms with Gasteiger partial charge in [-0.05, 0) is 40.2 Å². The third-order valence-corrected chi connectivity index (χ3v) is 1.83. The highest BCUT2D eigenvalue weighted by Gasteiger charge is 2.23. The molecule has 0 aliphatic carbocycles. The highest BCUT2D eigenvalue weighted by molar-refractivity contribution is 5.81. The Morgan fingerprint density at radius 1 is 1.54 bits per heavy atom. The quantitative estimate of drug-likeness (QED) is 0.620. The van der Waals surface area contributed by atoms with E-state index in [-0.39, 0.29) is 17.6 Å². The van der Waals surface area contributed by atoms with Crippen molar-refractivity contribution < 1.29 is 9.63 Å². The van der Waals surface area contributed by atoms with Crippen LogP contribution in [0.4, 0.5) is 0 Å². The lowest BCUT2D eigenvalue weighted by Gasteiger charge is -2.20. The van der Waals surface area contributed by atoms with Crippen LogP contribution < -0.4 is 10.8 Å². The van der Waals surface area contributed by atoms with Crippen molar-refractivity contribution in [1.29, 1.82) is 0 Å². The third-order valence-electron chi connectivity index (χ3n) is 1.83. The molecule has 2 N–H and O–H groups in total. The van der Waals surface area contributed by atoms with E-state index >= 15 is 0 Å². The number of amides is 1. The van der Waals surface area contributed by atoms with Gasteiger partial charge in [0.25, 0.3) is 5.91 Å². The molecule has 1 aliphatic rings. The molecule has 1 fully saturated rings. The molecule has 0 saturated carbocycles. The van der Waals surface area contributed by atoms with E-state index in [0.717, 1.165) is 19.4 Å². The maximum absolute atomic E-state index is 11.4. The number of rotatable bonds is 2. The molecule has 0 unspecified atom stereocenters. The van der Waals surface area contributed by atoms with Gasteiger partial charge in [0, 0.05) is 0 Å². The van der Waals surface area contributed by atoms with Crippen molar-refractivity contribution in [2.45, 2.75) is 45.3 Å². The molecule has 0 aromatic heterocycles. The number of hydroxylamine groups is 1. The van der Waals surface area contributed by atoms with Gasteiger partial charge in [-0.3, -0.25) is 9.63 Å². The van der Waals surface area contributed by atoms with E-state index in [1.807, 2.05) is 20.8 Å². The van der Waals surface area contributed by atoms with E-state index in [1.54, 1.807) is 0 Å². The largest absolute Gasteiger partial charge is 0.306 e. The van der Waals surface area contributed by atoms with Crippen LogP contribution >= 0.6 is 0 Å². The van der Waals surface area contributed by atoms with Crippen LogP contribution in [0.1, 0.15) is 33.6 Å². The summed E-state index contributed by atoms with van der Waals surface area (Å²) in [4.78, 5) is 16.6. The van der Waals surface area contributed by atoms with Gasteiger partial charge in [0.15, 0.2) is 0 Å². The van der Waals surface area contributed by atoms with E-state index in [1.165, 1.54) is 0 Å². The second-order valence-electron chi connectivity index (χ2n) is 4.33. The Hall–Kier alpha value is -0.610. The number of carbonyl (C=O) groups excluding carboxylic acids is 1. The summed E-state index contributed by atoms with van der Waals surface area (Å²) in [5, 5.41) is 3.10. The van der Waals surface area contributed by atoms with Crippen molar-refractivity contribution >= 4 is 5.91 Å². The monoisotopic (exact) mass is 186 g/mol. The van der Waals surface area contributed by atoms with Crippen LogP contribution in [0.5, 0.6) is 0 Å². The number of hydrogen-bond acceptors (Lipinski definition) is 3. The van der Waals surface area contributed by atoms with Crippen LogP contribution in [0.2, 0.25) is 0 Å². The minimum Gasteiger partial charge on any atom is -0.306 e. The van der Waals surface area contributed by atoms with Gasteiger partial charge in [0.05, 0.1) is 11.6 Å². The molecule has 1 rings (SSSR count). The minimum absolute atomic E-state index is 0.0626. The predicted octanol–water partition coefficient (Wildman–Crippen LogP) is 0.585. The van der Waals surface area contributed by atoms with E-state index in [9.17, 15) is 4.79 Å². The molecular weight excluding hydrogens is 168 g/mol. The summed E-state index contributed by atoms with van der Waals surface area (Å²) in [7, 11) is 0. The molecule has 0 aromatic rings. The van der Waals surface area contributed by atoms with Crippen LogP contribution in [0.25, 0.3) is 0 Å². The minimum atomic E-state index is -0.325. The van der Waals surface area contributed by atoms with Crippen molar-refractivity contribution in [3.63, 3.8) is 0 Å². The molecule has 13 heavy (non-hydrogen) atoms. The van der Waals surface area contributed by atoms with Crippen molar-refractivity contribution in [2.75, 3.05) is 6.54 Å². The maximum atomic E-state index is 11.4. The molecular formula is C9H18N2O2. The fourth-order valence-electron chi connectivity index (χ4n) is 1.18. The first-order chi connectivity index (χ1) is 5.99. The first-order valence-electron chi connectivity index (χ1n) is 4.70. The highest BCUT2D eigenvalue weighted by atomic mass is 16.7. The molecule has 0 spiro atoms. The normalized spacial score (nSPS) is 23.2. The number of hydrogen-bond donors (Lipinski definition) is 2. The smallest absolute Gasteiger partial charge is 0.260 e. The van der Waals surface area contributed by atoms with Crippen molar-refractivity contribution in [2.24, 2.45) is 0 Å². The molecule has 4 heteroatoms. The average molecular weight is 186 g/mol. The van der Waals surface area contributed by atoms with Crippen LogP contribution in [0, 0.1) is 0 Å². The Labute approximate surface area is 79.0 Å². The second kappa shape index (κ2) is 4.07. The van der Waals surface area contributed by atoms with Gasteiger partial charge in [0.2, 0.25) is 0 Å². The van der Waals surface area contributed by atoms with Crippen LogP contribution in [0.3, 0.4) is 0 Å². The summed E-state index contributed by atoms with van der Waals surface area (Å²) >= 11 is 0. The molecule has 0 bridgehead atoms. The standard InChI is InChI=1S/C9H18N2O2/c1-9(2,3)13-11-8(12)7-5-4-6-10-7/h7,10H,4-6H2,1-3H3,(H,11,12)/t7-/m1/s1. The molecule has 0 aromatic carbocycles. The van der Waals surface area contributed by atoms with Gasteiger partial charge < -0.3 is 5.32 Å². The van der Waals surface area contributed by atoms with Gasteiger partial charge in [-0.2, -0.15) is 0 Å². The summed E-state index contributed by atoms with van der Waals surface area (Å²) in [5.74, 6) is -0.0626. The Morgan fingerprint density at radius 2 is 2.23 bits per heavy atom. The third kappa shape index (κ3) is 3.74. The number of carbonyl (C=O) groups is 1. The molecule has 1 aliphatic heterocycles. The zero-order valence-corrected chi connectivity index (χ0v) is 8.52. The Morgan fingerprint density at radius 3 is 2.69 bits per heavy atom. The second-order valence-corrected chi connectivity index (χ2v) is 4.33. The number of nitrogens with one attached hydrogen (secondary N) is 2. The van der Waals surface area contributed by atoms with Crippen LogP contribution in [-0.2, 0) is 9.63 Å². The topological polar surface area (TPSA) is 50.4 Å². The fourth-order valence-corrected chi connectivity index (χ4v) is 1.18. The molecule has 4 nitrogen and oxygen atoms in total. The lowest BCUT2D eigenvalue weighted by Crippen LogP contribution is -2.43. The van der Waals surface area contributed by atoms with Gasteiger partial charge >= 0.3 is 0 Å². The molecule has 0 radical (unpaired) electrons. The van der Waals surface area contributed by atoms with Gasteiger partial charge in [-0.25, -0.2) is 5.48 Å². The zero-order valence-electron chi connectivity index (χ0n) is 8.52. The highest BCUT2D eigenvalue weighted by Crippen LogP contribution is 2.07. The average Bonchev–Trinajstić information content (AvgIpc) is 2.50. The van der Waals surface area contributed by atoms with Crippen molar-refractivity contribution in [1.82, 2.24) is 10.8 Å².